The Morgan fingerprint density at radius 2 is 1.54 bits per heavy atom. The van der Waals surface area contributed by atoms with E-state index in [-0.39, 0.29) is 24.4 Å². The lowest BCUT2D eigenvalue weighted by molar-refractivity contribution is 0.183. The van der Waals surface area contributed by atoms with Crippen molar-refractivity contribution in [2.45, 2.75) is 76.9 Å². The van der Waals surface area contributed by atoms with E-state index in [0.717, 1.165) is 12.8 Å². The Labute approximate surface area is 299 Å². The van der Waals surface area contributed by atoms with Gasteiger partial charge in [-0.1, -0.05) is 128 Å². The van der Waals surface area contributed by atoms with Crippen molar-refractivity contribution in [3.05, 3.63) is 166 Å². The van der Waals surface area contributed by atoms with Gasteiger partial charge in [0.05, 0.1) is 18.5 Å². The van der Waals surface area contributed by atoms with Crippen LogP contribution in [0, 0.1) is 35.5 Å². The van der Waals surface area contributed by atoms with Crippen LogP contribution in [-0.4, -0.2) is 24.5 Å². The summed E-state index contributed by atoms with van der Waals surface area (Å²) in [5, 5.41) is 16.1. The molecule has 1 fully saturated rings. The maximum absolute atomic E-state index is 4.13. The minimum absolute atomic E-state index is 0.0495. The molecule has 10 atom stereocenters. The molecule has 0 aromatic carbocycles. The Kier molecular flexibility index (Phi) is 8.72. The lowest BCUT2D eigenvalue weighted by Gasteiger charge is -2.47. The molecule has 0 amide bonds. The summed E-state index contributed by atoms with van der Waals surface area (Å²) in [5.74, 6) is 2.65. The van der Waals surface area contributed by atoms with Gasteiger partial charge in [-0.15, -0.1) is 0 Å². The van der Waals surface area contributed by atoms with Crippen molar-refractivity contribution in [3.63, 3.8) is 0 Å². The third-order valence-electron chi connectivity index (χ3n) is 12.4. The summed E-state index contributed by atoms with van der Waals surface area (Å²) in [4.78, 5) is 0. The van der Waals surface area contributed by atoms with E-state index in [0.29, 0.717) is 35.6 Å². The quantitative estimate of drug-likeness (QED) is 0.223. The van der Waals surface area contributed by atoms with Gasteiger partial charge in [-0.25, -0.2) is 0 Å². The molecule has 10 unspecified atom stereocenters. The van der Waals surface area contributed by atoms with Crippen molar-refractivity contribution in [2.75, 3.05) is 0 Å². The highest BCUT2D eigenvalue weighted by atomic mass is 15.4. The highest BCUT2D eigenvalue weighted by Crippen LogP contribution is 2.49. The molecule has 0 saturated carbocycles. The van der Waals surface area contributed by atoms with E-state index in [4.69, 9.17) is 0 Å². The molecule has 0 aromatic heterocycles. The molecule has 4 heteroatoms. The normalized spacial score (nSPS) is 38.5. The van der Waals surface area contributed by atoms with Gasteiger partial charge >= 0.3 is 0 Å². The average molecular weight is 661 g/mol. The third-order valence-corrected chi connectivity index (χ3v) is 12.4. The SMILES string of the molecule is CC1C=CC=C(C2NC(C3=CC=C(C4=CC=CC(C)N4)C(C4=CC5C=CCCC5C5=C4C=CCC5)C3)NC(C3C=CC=C4C=CC=CC43)N2)C1. The fraction of sp³-hybridized carbons (Fsp3) is 0.391. The fourth-order valence-electron chi connectivity index (χ4n) is 9.95. The Balaban J connectivity index is 1.09. The summed E-state index contributed by atoms with van der Waals surface area (Å²) in [6.45, 7) is 4.58. The first-order chi connectivity index (χ1) is 24.6. The number of dihydropyridines is 1. The molecular weight excluding hydrogens is 609 g/mol. The van der Waals surface area contributed by atoms with Crippen LogP contribution < -0.4 is 21.3 Å². The first kappa shape index (κ1) is 32.0. The van der Waals surface area contributed by atoms with Crippen molar-refractivity contribution < 1.29 is 0 Å². The van der Waals surface area contributed by atoms with Crippen LogP contribution in [0.1, 0.15) is 52.4 Å². The van der Waals surface area contributed by atoms with Crippen molar-refractivity contribution >= 4 is 0 Å². The Morgan fingerprint density at radius 1 is 0.680 bits per heavy atom. The predicted octanol–water partition coefficient (Wildman–Crippen LogP) is 8.60. The molecule has 0 spiro atoms. The lowest BCUT2D eigenvalue weighted by atomic mass is 9.65. The van der Waals surface area contributed by atoms with Crippen LogP contribution in [0.2, 0.25) is 0 Å². The van der Waals surface area contributed by atoms with E-state index in [1.54, 1.807) is 5.57 Å². The molecule has 2 aliphatic heterocycles. The fourth-order valence-corrected chi connectivity index (χ4v) is 9.95. The van der Waals surface area contributed by atoms with E-state index in [1.165, 1.54) is 64.8 Å². The van der Waals surface area contributed by atoms with Crippen LogP contribution in [0.4, 0.5) is 0 Å². The first-order valence-electron chi connectivity index (χ1n) is 19.3. The molecule has 1 saturated heterocycles. The zero-order valence-corrected chi connectivity index (χ0v) is 29.6. The zero-order chi connectivity index (χ0) is 33.6. The van der Waals surface area contributed by atoms with Gasteiger partial charge in [0.1, 0.15) is 0 Å². The van der Waals surface area contributed by atoms with Gasteiger partial charge in [0, 0.05) is 35.4 Å². The largest absolute Gasteiger partial charge is 0.379 e. The molecule has 4 N–H and O–H groups in total. The minimum atomic E-state index is 0.0495. The van der Waals surface area contributed by atoms with Gasteiger partial charge in [0.25, 0.3) is 0 Å². The average Bonchev–Trinajstić information content (AvgIpc) is 3.17. The second-order valence-electron chi connectivity index (χ2n) is 15.8. The minimum Gasteiger partial charge on any atom is -0.379 e. The summed E-state index contributed by atoms with van der Waals surface area (Å²) in [7, 11) is 0. The summed E-state index contributed by atoms with van der Waals surface area (Å²) in [6.07, 6.45) is 54.3. The highest BCUT2D eigenvalue weighted by Gasteiger charge is 2.41. The van der Waals surface area contributed by atoms with Gasteiger partial charge in [-0.05, 0) is 96.8 Å². The Bertz CT molecular complexity index is 1840. The first-order valence-corrected chi connectivity index (χ1v) is 19.3. The number of nitrogens with one attached hydrogen (secondary N) is 4. The third kappa shape index (κ3) is 6.06. The molecule has 9 rings (SSSR count). The molecule has 9 aliphatic rings. The van der Waals surface area contributed by atoms with Crippen molar-refractivity contribution in [1.82, 2.24) is 21.3 Å². The molecule has 4 nitrogen and oxygen atoms in total. The van der Waals surface area contributed by atoms with E-state index in [2.05, 4.69) is 157 Å². The second kappa shape index (κ2) is 13.6. The molecule has 0 aromatic rings. The molecule has 2 heterocycles. The van der Waals surface area contributed by atoms with Crippen molar-refractivity contribution in [1.29, 1.82) is 0 Å². The molecule has 0 bridgehead atoms. The van der Waals surface area contributed by atoms with Crippen LogP contribution in [0.15, 0.2) is 166 Å². The number of allylic oxidation sites excluding steroid dienone is 23. The topological polar surface area (TPSA) is 48.1 Å². The van der Waals surface area contributed by atoms with E-state index in [1.807, 2.05) is 0 Å². The highest BCUT2D eigenvalue weighted by molar-refractivity contribution is 5.58. The summed E-state index contributed by atoms with van der Waals surface area (Å²) in [5.41, 5.74) is 11.7. The van der Waals surface area contributed by atoms with E-state index >= 15 is 0 Å². The molecular formula is C46H52N4. The van der Waals surface area contributed by atoms with Crippen molar-refractivity contribution in [3.8, 4) is 0 Å². The van der Waals surface area contributed by atoms with E-state index < -0.39 is 0 Å². The van der Waals surface area contributed by atoms with Crippen molar-refractivity contribution in [2.24, 2.45) is 35.5 Å². The standard InChI is InChI=1S/C46H52N4/c1-29-12-9-17-33(26-29)44-48-45(50-46(49-44)40-22-11-16-31-14-3-5-18-35(31)40)34-24-25-39(43-23-10-13-30(2)47-43)42(28-34)41-27-32-15-4-6-19-36(32)37-20-7-8-21-38(37)41/h3-5,8-18,21-25,27,29-30,32,35-36,40,42,44-50H,6-7,19-20,26,28H2,1-2H3. The number of hydrogen-bond donors (Lipinski definition) is 4. The van der Waals surface area contributed by atoms with Crippen LogP contribution >= 0.6 is 0 Å². The molecule has 256 valence electrons. The summed E-state index contributed by atoms with van der Waals surface area (Å²) >= 11 is 0. The van der Waals surface area contributed by atoms with Crippen LogP contribution in [0.25, 0.3) is 0 Å². The van der Waals surface area contributed by atoms with Gasteiger partial charge in [0.2, 0.25) is 0 Å². The van der Waals surface area contributed by atoms with Crippen LogP contribution in [-0.2, 0) is 0 Å². The molecule has 7 aliphatic carbocycles. The van der Waals surface area contributed by atoms with Gasteiger partial charge < -0.3 is 5.32 Å². The molecule has 50 heavy (non-hydrogen) atoms. The number of hydrogen-bond acceptors (Lipinski definition) is 4. The molecule has 0 radical (unpaired) electrons. The predicted molar refractivity (Wildman–Crippen MR) is 207 cm³/mol. The summed E-state index contributed by atoms with van der Waals surface area (Å²) < 4.78 is 0. The maximum Gasteiger partial charge on any atom is 0.0824 e. The Morgan fingerprint density at radius 3 is 2.42 bits per heavy atom. The van der Waals surface area contributed by atoms with Gasteiger partial charge in [-0.3, -0.25) is 16.0 Å². The smallest absolute Gasteiger partial charge is 0.0824 e. The maximum atomic E-state index is 4.13. The zero-order valence-electron chi connectivity index (χ0n) is 29.6. The number of rotatable bonds is 5. The van der Waals surface area contributed by atoms with Gasteiger partial charge in [-0.2, -0.15) is 0 Å². The van der Waals surface area contributed by atoms with Gasteiger partial charge in [0.15, 0.2) is 0 Å². The van der Waals surface area contributed by atoms with Crippen LogP contribution in [0.5, 0.6) is 0 Å². The van der Waals surface area contributed by atoms with Crippen LogP contribution in [0.3, 0.4) is 0 Å². The summed E-state index contributed by atoms with van der Waals surface area (Å²) in [6, 6.07) is 0.318. The van der Waals surface area contributed by atoms with E-state index in [9.17, 15) is 0 Å². The lowest BCUT2D eigenvalue weighted by Crippen LogP contribution is -2.70. The second-order valence-corrected chi connectivity index (χ2v) is 15.8. The number of fused-ring (bicyclic) bond motifs is 3. The Hall–Kier alpha value is -3.96. The monoisotopic (exact) mass is 660 g/mol.